The molecule has 0 aliphatic carbocycles. The number of fused-ring (bicyclic) bond motifs is 1. The van der Waals surface area contributed by atoms with Crippen LogP contribution in [0.2, 0.25) is 0 Å². The molecular weight excluding hydrogens is 490 g/mol. The minimum absolute atomic E-state index is 0.107. The van der Waals surface area contributed by atoms with Crippen molar-refractivity contribution in [2.45, 2.75) is 38.3 Å². The lowest BCUT2D eigenvalue weighted by atomic mass is 10.1. The summed E-state index contributed by atoms with van der Waals surface area (Å²) in [6, 6.07) is 19.5. The number of nitrogens with one attached hydrogen (secondary N) is 1. The average Bonchev–Trinajstić information content (AvgIpc) is 2.92. The van der Waals surface area contributed by atoms with Gasteiger partial charge in [-0.2, -0.15) is 0 Å². The number of hydrogen-bond donors (Lipinski definition) is 1. The largest absolute Gasteiger partial charge is 0.497 e. The van der Waals surface area contributed by atoms with Crippen LogP contribution in [0, 0.1) is 6.92 Å². The smallest absolute Gasteiger partial charge is 0.264 e. The zero-order valence-electron chi connectivity index (χ0n) is 21.6. The van der Waals surface area contributed by atoms with Crippen molar-refractivity contribution in [3.8, 4) is 11.5 Å². The summed E-state index contributed by atoms with van der Waals surface area (Å²) in [4.78, 5) is 15.5. The fourth-order valence-corrected chi connectivity index (χ4v) is 5.78. The molecule has 1 amide bonds. The van der Waals surface area contributed by atoms with E-state index in [1.165, 1.54) is 23.5 Å². The number of rotatable bonds is 9. The van der Waals surface area contributed by atoms with E-state index in [0.29, 0.717) is 23.7 Å². The number of amides is 1. The number of carbonyl (C=O) groups is 1. The minimum atomic E-state index is -3.96. The predicted octanol–water partition coefficient (Wildman–Crippen LogP) is 4.12. The first kappa shape index (κ1) is 26.3. The van der Waals surface area contributed by atoms with Crippen molar-refractivity contribution in [2.24, 2.45) is 0 Å². The molecule has 1 aliphatic rings. The predicted molar refractivity (Wildman–Crippen MR) is 145 cm³/mol. The van der Waals surface area contributed by atoms with Gasteiger partial charge in [0.1, 0.15) is 11.5 Å². The number of nitrogens with zero attached hydrogens (tertiary/aromatic N) is 2. The normalized spacial score (nSPS) is 14.9. The highest BCUT2D eigenvalue weighted by molar-refractivity contribution is 7.92. The van der Waals surface area contributed by atoms with Crippen molar-refractivity contribution in [2.75, 3.05) is 35.9 Å². The number of benzene rings is 3. The molecular formula is C28H33N3O5S. The third-order valence-electron chi connectivity index (χ3n) is 6.46. The van der Waals surface area contributed by atoms with Gasteiger partial charge in [0.2, 0.25) is 0 Å². The molecule has 196 valence electrons. The zero-order valence-corrected chi connectivity index (χ0v) is 22.4. The van der Waals surface area contributed by atoms with E-state index >= 15 is 0 Å². The van der Waals surface area contributed by atoms with Crippen LogP contribution in [-0.4, -0.2) is 47.2 Å². The first-order valence-electron chi connectivity index (χ1n) is 12.3. The van der Waals surface area contributed by atoms with Crippen LogP contribution >= 0.6 is 0 Å². The Kier molecular flexibility index (Phi) is 7.92. The van der Waals surface area contributed by atoms with Gasteiger partial charge in [-0.1, -0.05) is 18.2 Å². The number of aryl methyl sites for hydroxylation is 1. The minimum Gasteiger partial charge on any atom is -0.497 e. The Balaban J connectivity index is 1.53. The lowest BCUT2D eigenvalue weighted by Gasteiger charge is -2.35. The van der Waals surface area contributed by atoms with Gasteiger partial charge < -0.3 is 19.7 Å². The van der Waals surface area contributed by atoms with Crippen molar-refractivity contribution in [1.29, 1.82) is 0 Å². The molecule has 0 saturated heterocycles. The molecule has 0 spiro atoms. The standard InChI is InChI=1S/C28H33N3O5S/c1-5-30(6-2)22-10-8-21(9-11-22)18-29-28(32)27-19-31(25-17-20(3)7-16-26(25)36-27)37(33,34)24-14-12-23(35-4)13-15-24/h7-17,27H,5-6,18-19H2,1-4H3,(H,29,32)/t27-/m1/s1. The molecule has 4 rings (SSSR count). The maximum absolute atomic E-state index is 13.6. The molecule has 1 N–H and O–H groups in total. The van der Waals surface area contributed by atoms with Gasteiger partial charge in [0.05, 0.1) is 24.2 Å². The topological polar surface area (TPSA) is 88.2 Å². The summed E-state index contributed by atoms with van der Waals surface area (Å²) in [7, 11) is -2.43. The molecule has 0 radical (unpaired) electrons. The fraction of sp³-hybridized carbons (Fsp3) is 0.321. The van der Waals surface area contributed by atoms with E-state index in [-0.39, 0.29) is 17.3 Å². The van der Waals surface area contributed by atoms with E-state index in [2.05, 4.69) is 24.1 Å². The van der Waals surface area contributed by atoms with E-state index in [4.69, 9.17) is 9.47 Å². The van der Waals surface area contributed by atoms with Crippen molar-refractivity contribution in [3.05, 3.63) is 77.9 Å². The van der Waals surface area contributed by atoms with Crippen molar-refractivity contribution in [3.63, 3.8) is 0 Å². The molecule has 1 atom stereocenters. The highest BCUT2D eigenvalue weighted by Gasteiger charge is 2.37. The molecule has 3 aromatic rings. The van der Waals surface area contributed by atoms with Crippen LogP contribution in [0.15, 0.2) is 71.6 Å². The summed E-state index contributed by atoms with van der Waals surface area (Å²) in [5, 5.41) is 2.90. The summed E-state index contributed by atoms with van der Waals surface area (Å²) in [5.41, 5.74) is 3.36. The lowest BCUT2D eigenvalue weighted by molar-refractivity contribution is -0.127. The molecule has 3 aromatic carbocycles. The Labute approximate surface area is 218 Å². The Morgan fingerprint density at radius 1 is 1.05 bits per heavy atom. The molecule has 0 fully saturated rings. The van der Waals surface area contributed by atoms with E-state index < -0.39 is 16.1 Å². The molecule has 37 heavy (non-hydrogen) atoms. The fourth-order valence-electron chi connectivity index (χ4n) is 4.32. The second-order valence-electron chi connectivity index (χ2n) is 8.85. The molecule has 0 aromatic heterocycles. The summed E-state index contributed by atoms with van der Waals surface area (Å²) < 4.78 is 39.7. The van der Waals surface area contributed by atoms with Crippen LogP contribution < -0.4 is 24.0 Å². The maximum atomic E-state index is 13.6. The zero-order chi connectivity index (χ0) is 26.6. The van der Waals surface area contributed by atoms with E-state index in [1.807, 2.05) is 37.3 Å². The number of hydrogen-bond acceptors (Lipinski definition) is 6. The van der Waals surface area contributed by atoms with Gasteiger partial charge in [-0.3, -0.25) is 9.10 Å². The SMILES string of the molecule is CCN(CC)c1ccc(CNC(=O)[C@H]2CN(S(=O)(=O)c3ccc(OC)cc3)c3cc(C)ccc3O2)cc1. The quantitative estimate of drug-likeness (QED) is 0.454. The highest BCUT2D eigenvalue weighted by Crippen LogP contribution is 2.38. The second kappa shape index (κ2) is 11.1. The second-order valence-corrected chi connectivity index (χ2v) is 10.7. The third kappa shape index (κ3) is 5.67. The Morgan fingerprint density at radius 3 is 2.35 bits per heavy atom. The summed E-state index contributed by atoms with van der Waals surface area (Å²) in [5.74, 6) is 0.520. The summed E-state index contributed by atoms with van der Waals surface area (Å²) in [6.45, 7) is 8.10. The van der Waals surface area contributed by atoms with Gasteiger partial charge in [-0.05, 0) is 80.4 Å². The van der Waals surface area contributed by atoms with Crippen molar-refractivity contribution in [1.82, 2.24) is 5.32 Å². The van der Waals surface area contributed by atoms with Gasteiger partial charge in [0.15, 0.2) is 6.10 Å². The summed E-state index contributed by atoms with van der Waals surface area (Å²) >= 11 is 0. The third-order valence-corrected chi connectivity index (χ3v) is 8.25. The van der Waals surface area contributed by atoms with Crippen LogP contribution in [0.1, 0.15) is 25.0 Å². The monoisotopic (exact) mass is 523 g/mol. The van der Waals surface area contributed by atoms with Gasteiger partial charge in [-0.25, -0.2) is 8.42 Å². The van der Waals surface area contributed by atoms with Crippen LogP contribution in [0.25, 0.3) is 0 Å². The molecule has 1 aliphatic heterocycles. The average molecular weight is 524 g/mol. The van der Waals surface area contributed by atoms with E-state index in [0.717, 1.165) is 29.9 Å². The summed E-state index contributed by atoms with van der Waals surface area (Å²) in [6.07, 6.45) is -1.00. The lowest BCUT2D eigenvalue weighted by Crippen LogP contribution is -2.50. The molecule has 0 unspecified atom stereocenters. The maximum Gasteiger partial charge on any atom is 0.264 e. The van der Waals surface area contributed by atoms with Gasteiger partial charge in [0, 0.05) is 25.3 Å². The number of carbonyl (C=O) groups excluding carboxylic acids is 1. The first-order valence-corrected chi connectivity index (χ1v) is 13.8. The van der Waals surface area contributed by atoms with Gasteiger partial charge in [-0.15, -0.1) is 0 Å². The molecule has 8 nitrogen and oxygen atoms in total. The molecule has 1 heterocycles. The number of anilines is 2. The molecule has 9 heteroatoms. The number of sulfonamides is 1. The Bertz CT molecular complexity index is 1340. The number of ether oxygens (including phenoxy) is 2. The van der Waals surface area contributed by atoms with Crippen LogP contribution in [0.5, 0.6) is 11.5 Å². The van der Waals surface area contributed by atoms with Gasteiger partial charge in [0.25, 0.3) is 15.9 Å². The Morgan fingerprint density at radius 2 is 1.73 bits per heavy atom. The Hall–Kier alpha value is -3.72. The van der Waals surface area contributed by atoms with Crippen LogP contribution in [-0.2, 0) is 21.4 Å². The number of methoxy groups -OCH3 is 1. The van der Waals surface area contributed by atoms with E-state index in [1.54, 1.807) is 24.3 Å². The highest BCUT2D eigenvalue weighted by atomic mass is 32.2. The first-order chi connectivity index (χ1) is 17.8. The molecule has 0 saturated carbocycles. The van der Waals surface area contributed by atoms with E-state index in [9.17, 15) is 13.2 Å². The van der Waals surface area contributed by atoms with Gasteiger partial charge >= 0.3 is 0 Å². The molecule has 0 bridgehead atoms. The van der Waals surface area contributed by atoms with Crippen molar-refractivity contribution < 1.29 is 22.7 Å². The van der Waals surface area contributed by atoms with Crippen LogP contribution in [0.3, 0.4) is 0 Å². The van der Waals surface area contributed by atoms with Crippen molar-refractivity contribution >= 4 is 27.3 Å². The van der Waals surface area contributed by atoms with Crippen LogP contribution in [0.4, 0.5) is 11.4 Å².